The van der Waals surface area contributed by atoms with Crippen molar-refractivity contribution in [2.45, 2.75) is 44.4 Å². The van der Waals surface area contributed by atoms with Crippen LogP contribution in [0.5, 0.6) is 5.75 Å². The Kier molecular flexibility index (Phi) is 6.57. The lowest BCUT2D eigenvalue weighted by Gasteiger charge is -2.21. The molecule has 0 spiro atoms. The number of carbonyl (C=O) groups excluding carboxylic acids is 1. The van der Waals surface area contributed by atoms with Crippen LogP contribution in [0.15, 0.2) is 27.9 Å². The van der Waals surface area contributed by atoms with Gasteiger partial charge in [-0.25, -0.2) is 13.5 Å². The Morgan fingerprint density at radius 2 is 1.83 bits per heavy atom. The standard InChI is InChI=1S/C20H26N4O5S/c1-13-14(2)22-23-20(26)18(13)19(25)21-16-12-15(8-9-17(16)29-3)30(27,28)24-10-6-4-5-7-11-24/h8-9,12H,4-7,10-11H2,1-3H3,(H,21,25)(H,23,26). The minimum atomic E-state index is -3.71. The van der Waals surface area contributed by atoms with Crippen molar-refractivity contribution in [2.75, 3.05) is 25.5 Å². The number of nitrogens with zero attached hydrogens (tertiary/aromatic N) is 2. The number of H-pyrrole nitrogens is 1. The molecule has 0 radical (unpaired) electrons. The van der Waals surface area contributed by atoms with E-state index < -0.39 is 21.5 Å². The van der Waals surface area contributed by atoms with Gasteiger partial charge in [-0.15, -0.1) is 0 Å². The summed E-state index contributed by atoms with van der Waals surface area (Å²) in [6, 6.07) is 4.33. The zero-order valence-electron chi connectivity index (χ0n) is 17.3. The number of benzene rings is 1. The highest BCUT2D eigenvalue weighted by atomic mass is 32.2. The highest BCUT2D eigenvalue weighted by Crippen LogP contribution is 2.30. The van der Waals surface area contributed by atoms with Crippen LogP contribution in [0.2, 0.25) is 0 Å². The topological polar surface area (TPSA) is 121 Å². The molecule has 0 bridgehead atoms. The van der Waals surface area contributed by atoms with E-state index in [0.717, 1.165) is 25.7 Å². The molecule has 162 valence electrons. The summed E-state index contributed by atoms with van der Waals surface area (Å²) in [5.41, 5.74) is 0.438. The Morgan fingerprint density at radius 1 is 1.17 bits per heavy atom. The highest BCUT2D eigenvalue weighted by Gasteiger charge is 2.27. The minimum Gasteiger partial charge on any atom is -0.495 e. The molecule has 2 N–H and O–H groups in total. The first kappa shape index (κ1) is 22.0. The molecule has 10 heteroatoms. The molecular weight excluding hydrogens is 408 g/mol. The van der Waals surface area contributed by atoms with Crippen molar-refractivity contribution in [3.63, 3.8) is 0 Å². The molecule has 1 aromatic heterocycles. The van der Waals surface area contributed by atoms with Gasteiger partial charge >= 0.3 is 0 Å². The Hall–Kier alpha value is -2.72. The predicted molar refractivity (Wildman–Crippen MR) is 113 cm³/mol. The average Bonchev–Trinajstić information content (AvgIpc) is 3.01. The molecule has 1 saturated heterocycles. The first-order valence-electron chi connectivity index (χ1n) is 9.81. The molecule has 1 aliphatic rings. The van der Waals surface area contributed by atoms with Crippen molar-refractivity contribution in [3.8, 4) is 5.75 Å². The summed E-state index contributed by atoms with van der Waals surface area (Å²) in [6.45, 7) is 4.25. The second kappa shape index (κ2) is 8.97. The van der Waals surface area contributed by atoms with Gasteiger partial charge in [-0.2, -0.15) is 9.40 Å². The van der Waals surface area contributed by atoms with Crippen LogP contribution in [0.4, 0.5) is 5.69 Å². The molecule has 1 aliphatic heterocycles. The van der Waals surface area contributed by atoms with Gasteiger partial charge in [-0.1, -0.05) is 12.8 Å². The second-order valence-corrected chi connectivity index (χ2v) is 9.21. The maximum absolute atomic E-state index is 13.1. The normalized spacial score (nSPS) is 15.4. The van der Waals surface area contributed by atoms with Crippen molar-refractivity contribution in [3.05, 3.63) is 45.4 Å². The zero-order chi connectivity index (χ0) is 21.9. The number of aromatic nitrogens is 2. The number of nitrogens with one attached hydrogen (secondary N) is 2. The van der Waals surface area contributed by atoms with Crippen molar-refractivity contribution >= 4 is 21.6 Å². The molecule has 0 saturated carbocycles. The Balaban J connectivity index is 1.97. The Morgan fingerprint density at radius 3 is 2.47 bits per heavy atom. The monoisotopic (exact) mass is 434 g/mol. The van der Waals surface area contributed by atoms with E-state index in [9.17, 15) is 18.0 Å². The van der Waals surface area contributed by atoms with Crippen LogP contribution in [0.1, 0.15) is 47.3 Å². The maximum Gasteiger partial charge on any atom is 0.277 e. The first-order valence-corrected chi connectivity index (χ1v) is 11.2. The number of methoxy groups -OCH3 is 1. The highest BCUT2D eigenvalue weighted by molar-refractivity contribution is 7.89. The number of carbonyl (C=O) groups is 1. The van der Waals surface area contributed by atoms with Crippen LogP contribution in [-0.4, -0.2) is 49.0 Å². The summed E-state index contributed by atoms with van der Waals surface area (Å²) in [6.07, 6.45) is 3.66. The third-order valence-electron chi connectivity index (χ3n) is 5.32. The van der Waals surface area contributed by atoms with Crippen molar-refractivity contribution in [1.29, 1.82) is 0 Å². The third kappa shape index (κ3) is 4.39. The van der Waals surface area contributed by atoms with Crippen molar-refractivity contribution < 1.29 is 17.9 Å². The first-order chi connectivity index (χ1) is 14.3. The van der Waals surface area contributed by atoms with E-state index in [1.807, 2.05) is 0 Å². The Labute approximate surface area is 175 Å². The van der Waals surface area contributed by atoms with E-state index in [1.54, 1.807) is 13.8 Å². The van der Waals surface area contributed by atoms with Crippen LogP contribution in [-0.2, 0) is 10.0 Å². The van der Waals surface area contributed by atoms with Gasteiger partial charge in [0.2, 0.25) is 10.0 Å². The third-order valence-corrected chi connectivity index (χ3v) is 7.21. The summed E-state index contributed by atoms with van der Waals surface area (Å²) in [4.78, 5) is 25.0. The number of aryl methyl sites for hydroxylation is 1. The number of aromatic amines is 1. The lowest BCUT2D eigenvalue weighted by Crippen LogP contribution is -2.32. The van der Waals surface area contributed by atoms with E-state index in [-0.39, 0.29) is 21.9 Å². The van der Waals surface area contributed by atoms with E-state index in [4.69, 9.17) is 4.74 Å². The molecule has 2 aromatic rings. The predicted octanol–water partition coefficient (Wildman–Crippen LogP) is 2.21. The molecule has 1 amide bonds. The van der Waals surface area contributed by atoms with E-state index >= 15 is 0 Å². The van der Waals surface area contributed by atoms with E-state index in [0.29, 0.717) is 24.3 Å². The van der Waals surface area contributed by atoms with Gasteiger partial charge in [-0.05, 0) is 50.5 Å². The number of hydrogen-bond donors (Lipinski definition) is 2. The molecule has 0 unspecified atom stereocenters. The molecular formula is C20H26N4O5S. The number of ether oxygens (including phenoxy) is 1. The van der Waals surface area contributed by atoms with Crippen LogP contribution < -0.4 is 15.6 Å². The molecule has 0 atom stereocenters. The summed E-state index contributed by atoms with van der Waals surface area (Å²) in [7, 11) is -2.29. The lowest BCUT2D eigenvalue weighted by atomic mass is 10.1. The fraction of sp³-hybridized carbons (Fsp3) is 0.450. The van der Waals surface area contributed by atoms with E-state index in [2.05, 4.69) is 15.5 Å². The molecule has 1 fully saturated rings. The molecule has 2 heterocycles. The maximum atomic E-state index is 13.1. The van der Waals surface area contributed by atoms with Crippen LogP contribution in [0.3, 0.4) is 0 Å². The quantitative estimate of drug-likeness (QED) is 0.744. The van der Waals surface area contributed by atoms with Gasteiger partial charge in [0.25, 0.3) is 11.5 Å². The van der Waals surface area contributed by atoms with Crippen LogP contribution in [0.25, 0.3) is 0 Å². The smallest absolute Gasteiger partial charge is 0.277 e. The number of anilines is 1. The van der Waals surface area contributed by atoms with E-state index in [1.165, 1.54) is 29.6 Å². The zero-order valence-corrected chi connectivity index (χ0v) is 18.1. The molecule has 3 rings (SSSR count). The summed E-state index contributed by atoms with van der Waals surface area (Å²) >= 11 is 0. The van der Waals surface area contributed by atoms with Crippen molar-refractivity contribution in [1.82, 2.24) is 14.5 Å². The number of hydrogen-bond acceptors (Lipinski definition) is 6. The van der Waals surface area contributed by atoms with Gasteiger partial charge in [0, 0.05) is 13.1 Å². The lowest BCUT2D eigenvalue weighted by molar-refractivity contribution is 0.102. The Bertz CT molecular complexity index is 1100. The van der Waals surface area contributed by atoms with Crippen LogP contribution >= 0.6 is 0 Å². The number of sulfonamides is 1. The van der Waals surface area contributed by atoms with Crippen LogP contribution in [0, 0.1) is 13.8 Å². The molecule has 1 aromatic carbocycles. The number of rotatable bonds is 5. The SMILES string of the molecule is COc1ccc(S(=O)(=O)N2CCCCCC2)cc1NC(=O)c1c(C)c(C)n[nH]c1=O. The fourth-order valence-electron chi connectivity index (χ4n) is 3.46. The summed E-state index contributed by atoms with van der Waals surface area (Å²) in [5, 5.41) is 8.75. The molecule has 30 heavy (non-hydrogen) atoms. The summed E-state index contributed by atoms with van der Waals surface area (Å²) < 4.78 is 33.0. The second-order valence-electron chi connectivity index (χ2n) is 7.27. The number of amides is 1. The van der Waals surface area contributed by atoms with Gasteiger partial charge in [0.05, 0.1) is 23.4 Å². The molecule has 0 aliphatic carbocycles. The largest absolute Gasteiger partial charge is 0.495 e. The summed E-state index contributed by atoms with van der Waals surface area (Å²) in [5.74, 6) is -0.375. The van der Waals surface area contributed by atoms with Gasteiger partial charge in [0.1, 0.15) is 11.3 Å². The van der Waals surface area contributed by atoms with Gasteiger partial charge in [-0.3, -0.25) is 9.59 Å². The van der Waals surface area contributed by atoms with Gasteiger partial charge < -0.3 is 10.1 Å². The fourth-order valence-corrected chi connectivity index (χ4v) is 5.00. The minimum absolute atomic E-state index is 0.0667. The average molecular weight is 435 g/mol. The van der Waals surface area contributed by atoms with Crippen molar-refractivity contribution in [2.24, 2.45) is 0 Å². The van der Waals surface area contributed by atoms with Gasteiger partial charge in [0.15, 0.2) is 0 Å². The molecule has 9 nitrogen and oxygen atoms in total.